The van der Waals surface area contributed by atoms with Crippen LogP contribution in [0.1, 0.15) is 40.7 Å². The van der Waals surface area contributed by atoms with E-state index < -0.39 is 5.97 Å². The maximum Gasteiger partial charge on any atom is 0.317 e. The first kappa shape index (κ1) is 18.9. The Morgan fingerprint density at radius 3 is 2.62 bits per heavy atom. The number of benzene rings is 1. The van der Waals surface area contributed by atoms with E-state index in [4.69, 9.17) is 5.11 Å². The second-order valence-corrected chi connectivity index (χ2v) is 7.46. The first-order chi connectivity index (χ1) is 11.3. The molecule has 1 heterocycles. The van der Waals surface area contributed by atoms with Gasteiger partial charge in [0.15, 0.2) is 0 Å². The average Bonchev–Trinajstić information content (AvgIpc) is 2.75. The van der Waals surface area contributed by atoms with Gasteiger partial charge in [0, 0.05) is 29.2 Å². The molecule has 1 fully saturated rings. The number of carboxylic acid groups (broad SMARTS) is 1. The van der Waals surface area contributed by atoms with Gasteiger partial charge in [-0.2, -0.15) is 0 Å². The van der Waals surface area contributed by atoms with Gasteiger partial charge in [0.2, 0.25) is 0 Å². The number of carboxylic acids is 1. The van der Waals surface area contributed by atoms with E-state index in [0.717, 1.165) is 47.0 Å². The molecule has 1 N–H and O–H groups in total. The molecule has 0 saturated carbocycles. The van der Waals surface area contributed by atoms with E-state index in [1.165, 1.54) is 0 Å². The fourth-order valence-electron chi connectivity index (χ4n) is 3.25. The SMILES string of the molecule is Cc1cc(C(=O)N2CCCC(N(C)CC(=O)O)CC2)c(C)cc1Br. The highest BCUT2D eigenvalue weighted by molar-refractivity contribution is 9.10. The summed E-state index contributed by atoms with van der Waals surface area (Å²) in [6.07, 6.45) is 2.63. The molecule has 1 aromatic rings. The van der Waals surface area contributed by atoms with Crippen molar-refractivity contribution in [3.05, 3.63) is 33.3 Å². The highest BCUT2D eigenvalue weighted by Crippen LogP contribution is 2.24. The predicted octanol–water partition coefficient (Wildman–Crippen LogP) is 3.08. The van der Waals surface area contributed by atoms with Crippen molar-refractivity contribution in [2.45, 2.75) is 39.2 Å². The van der Waals surface area contributed by atoms with Crippen molar-refractivity contribution in [2.75, 3.05) is 26.7 Å². The Hall–Kier alpha value is -1.40. The van der Waals surface area contributed by atoms with Crippen LogP contribution in [-0.2, 0) is 4.79 Å². The smallest absolute Gasteiger partial charge is 0.317 e. The zero-order valence-corrected chi connectivity index (χ0v) is 16.1. The maximum absolute atomic E-state index is 12.9. The number of amides is 1. The van der Waals surface area contributed by atoms with Gasteiger partial charge in [-0.25, -0.2) is 0 Å². The van der Waals surface area contributed by atoms with Crippen molar-refractivity contribution in [3.8, 4) is 0 Å². The Morgan fingerprint density at radius 1 is 1.25 bits per heavy atom. The molecule has 24 heavy (non-hydrogen) atoms. The first-order valence-corrected chi connectivity index (χ1v) is 9.07. The molecule has 6 heteroatoms. The molecule has 0 spiro atoms. The van der Waals surface area contributed by atoms with Crippen LogP contribution in [0.15, 0.2) is 16.6 Å². The van der Waals surface area contributed by atoms with Gasteiger partial charge < -0.3 is 10.0 Å². The van der Waals surface area contributed by atoms with Crippen molar-refractivity contribution in [1.29, 1.82) is 0 Å². The van der Waals surface area contributed by atoms with Crippen LogP contribution in [-0.4, -0.2) is 59.5 Å². The van der Waals surface area contributed by atoms with Gasteiger partial charge in [-0.1, -0.05) is 15.9 Å². The van der Waals surface area contributed by atoms with Crippen LogP contribution in [0.3, 0.4) is 0 Å². The van der Waals surface area contributed by atoms with Gasteiger partial charge in [0.25, 0.3) is 5.91 Å². The molecule has 1 aromatic carbocycles. The zero-order valence-electron chi connectivity index (χ0n) is 14.5. The number of aliphatic carboxylic acids is 1. The highest BCUT2D eigenvalue weighted by atomic mass is 79.9. The molecule has 0 radical (unpaired) electrons. The van der Waals surface area contributed by atoms with Gasteiger partial charge in [-0.3, -0.25) is 14.5 Å². The largest absolute Gasteiger partial charge is 0.480 e. The number of likely N-dealkylation sites (N-methyl/N-ethyl adjacent to an activating group) is 1. The molecule has 1 amide bonds. The number of halogens is 1. The van der Waals surface area contributed by atoms with Gasteiger partial charge in [0.05, 0.1) is 6.54 Å². The summed E-state index contributed by atoms with van der Waals surface area (Å²) in [4.78, 5) is 27.6. The summed E-state index contributed by atoms with van der Waals surface area (Å²) in [5, 5.41) is 8.94. The Labute approximate surface area is 151 Å². The van der Waals surface area contributed by atoms with Crippen molar-refractivity contribution in [2.24, 2.45) is 0 Å². The number of aryl methyl sites for hydroxylation is 2. The molecule has 0 aromatic heterocycles. The molecule has 2 rings (SSSR count). The number of hydrogen-bond donors (Lipinski definition) is 1. The molecular weight excluding hydrogens is 372 g/mol. The summed E-state index contributed by atoms with van der Waals surface area (Å²) in [5.41, 5.74) is 2.78. The Bertz CT molecular complexity index is 633. The molecule has 0 aliphatic carbocycles. The minimum atomic E-state index is -0.810. The number of hydrogen-bond acceptors (Lipinski definition) is 3. The fourth-order valence-corrected chi connectivity index (χ4v) is 3.70. The van der Waals surface area contributed by atoms with E-state index in [9.17, 15) is 9.59 Å². The predicted molar refractivity (Wildman–Crippen MR) is 97.4 cm³/mol. The second kappa shape index (κ2) is 8.12. The highest BCUT2D eigenvalue weighted by Gasteiger charge is 2.25. The molecule has 1 atom stereocenters. The van der Waals surface area contributed by atoms with E-state index in [2.05, 4.69) is 15.9 Å². The monoisotopic (exact) mass is 396 g/mol. The van der Waals surface area contributed by atoms with E-state index in [1.54, 1.807) is 0 Å². The molecule has 1 saturated heterocycles. The third kappa shape index (κ3) is 4.57. The topological polar surface area (TPSA) is 60.9 Å². The zero-order chi connectivity index (χ0) is 17.9. The minimum Gasteiger partial charge on any atom is -0.480 e. The van der Waals surface area contributed by atoms with Crippen LogP contribution in [0.25, 0.3) is 0 Å². The van der Waals surface area contributed by atoms with Gasteiger partial charge in [-0.15, -0.1) is 0 Å². The van der Waals surface area contributed by atoms with E-state index in [0.29, 0.717) is 6.54 Å². The molecule has 1 aliphatic rings. The molecule has 5 nitrogen and oxygen atoms in total. The van der Waals surface area contributed by atoms with E-state index in [-0.39, 0.29) is 18.5 Å². The fraction of sp³-hybridized carbons (Fsp3) is 0.556. The van der Waals surface area contributed by atoms with Crippen LogP contribution < -0.4 is 0 Å². The number of likely N-dealkylation sites (tertiary alicyclic amines) is 1. The Kier molecular flexibility index (Phi) is 6.40. The van der Waals surface area contributed by atoms with Gasteiger partial charge in [0.1, 0.15) is 0 Å². The summed E-state index contributed by atoms with van der Waals surface area (Å²) in [6, 6.07) is 4.15. The summed E-state index contributed by atoms with van der Waals surface area (Å²) < 4.78 is 1.02. The van der Waals surface area contributed by atoms with Crippen molar-refractivity contribution >= 4 is 27.8 Å². The molecular formula is C18H25BrN2O3. The van der Waals surface area contributed by atoms with Gasteiger partial charge in [-0.05, 0) is 63.4 Å². The van der Waals surface area contributed by atoms with Crippen molar-refractivity contribution in [1.82, 2.24) is 9.80 Å². The lowest BCUT2D eigenvalue weighted by molar-refractivity contribution is -0.138. The quantitative estimate of drug-likeness (QED) is 0.849. The lowest BCUT2D eigenvalue weighted by atomic mass is 10.0. The van der Waals surface area contributed by atoms with Crippen LogP contribution in [0.5, 0.6) is 0 Å². The maximum atomic E-state index is 12.9. The number of carbonyl (C=O) groups is 2. The third-order valence-electron chi connectivity index (χ3n) is 4.73. The van der Waals surface area contributed by atoms with Crippen LogP contribution in [0.4, 0.5) is 0 Å². The lowest BCUT2D eigenvalue weighted by Gasteiger charge is -2.26. The number of nitrogens with zero attached hydrogens (tertiary/aromatic N) is 2. The normalized spacial score (nSPS) is 18.5. The average molecular weight is 397 g/mol. The van der Waals surface area contributed by atoms with Crippen LogP contribution >= 0.6 is 15.9 Å². The Balaban J connectivity index is 2.07. The molecule has 0 bridgehead atoms. The summed E-state index contributed by atoms with van der Waals surface area (Å²) in [7, 11) is 1.85. The standard InChI is InChI=1S/C18H25BrN2O3/c1-12-10-16(19)13(2)9-15(12)18(24)21-7-4-5-14(6-8-21)20(3)11-17(22)23/h9-10,14H,4-8,11H2,1-3H3,(H,22,23). The summed E-state index contributed by atoms with van der Waals surface area (Å²) >= 11 is 3.50. The number of rotatable bonds is 4. The van der Waals surface area contributed by atoms with Crippen molar-refractivity contribution < 1.29 is 14.7 Å². The van der Waals surface area contributed by atoms with E-state index >= 15 is 0 Å². The Morgan fingerprint density at radius 2 is 1.96 bits per heavy atom. The molecule has 1 aliphatic heterocycles. The van der Waals surface area contributed by atoms with Crippen LogP contribution in [0, 0.1) is 13.8 Å². The number of carbonyl (C=O) groups excluding carboxylic acids is 1. The van der Waals surface area contributed by atoms with Gasteiger partial charge >= 0.3 is 5.97 Å². The van der Waals surface area contributed by atoms with E-state index in [1.807, 2.05) is 42.8 Å². The second-order valence-electron chi connectivity index (χ2n) is 6.60. The van der Waals surface area contributed by atoms with Crippen molar-refractivity contribution in [3.63, 3.8) is 0 Å². The molecule has 132 valence electrons. The first-order valence-electron chi connectivity index (χ1n) is 8.27. The summed E-state index contributed by atoms with van der Waals surface area (Å²) in [6.45, 7) is 5.38. The molecule has 1 unspecified atom stereocenters. The third-order valence-corrected chi connectivity index (χ3v) is 5.58. The minimum absolute atomic E-state index is 0.0453. The summed E-state index contributed by atoms with van der Waals surface area (Å²) in [5.74, 6) is -0.736. The van der Waals surface area contributed by atoms with Crippen LogP contribution in [0.2, 0.25) is 0 Å². The lowest BCUT2D eigenvalue weighted by Crippen LogP contribution is -2.37.